The second-order valence-electron chi connectivity index (χ2n) is 6.20. The van der Waals surface area contributed by atoms with Crippen molar-refractivity contribution in [3.8, 4) is 17.2 Å². The molecule has 1 aliphatic rings. The van der Waals surface area contributed by atoms with E-state index in [1.807, 2.05) is 30.3 Å². The Labute approximate surface area is 145 Å². The van der Waals surface area contributed by atoms with Gasteiger partial charge in [0.25, 0.3) is 5.89 Å². The van der Waals surface area contributed by atoms with Crippen molar-refractivity contribution in [1.29, 1.82) is 0 Å². The lowest BCUT2D eigenvalue weighted by atomic mass is 9.96. The second kappa shape index (κ2) is 7.06. The number of para-hydroxylation sites is 1. The molecule has 0 bridgehead atoms. The highest BCUT2D eigenvalue weighted by molar-refractivity contribution is 5.62. The van der Waals surface area contributed by atoms with E-state index in [0.29, 0.717) is 11.8 Å². The summed E-state index contributed by atoms with van der Waals surface area (Å²) in [5.74, 6) is 2.35. The molecule has 3 heterocycles. The van der Waals surface area contributed by atoms with Crippen molar-refractivity contribution in [2.75, 3.05) is 20.2 Å². The molecule has 0 unspecified atom stereocenters. The number of methoxy groups -OCH3 is 1. The molecule has 2 aromatic heterocycles. The minimum Gasteiger partial charge on any atom is -0.496 e. The number of aromatic nitrogens is 3. The minimum atomic E-state index is 0.320. The van der Waals surface area contributed by atoms with E-state index in [2.05, 4.69) is 20.2 Å². The summed E-state index contributed by atoms with van der Waals surface area (Å²) in [7, 11) is 1.64. The minimum absolute atomic E-state index is 0.320. The number of piperidine rings is 1. The summed E-state index contributed by atoms with van der Waals surface area (Å²) in [6.45, 7) is 2.79. The first-order chi connectivity index (χ1) is 12.3. The maximum atomic E-state index is 5.48. The first-order valence-electron chi connectivity index (χ1n) is 8.42. The lowest BCUT2D eigenvalue weighted by molar-refractivity contribution is 0.195. The second-order valence-corrected chi connectivity index (χ2v) is 6.20. The predicted molar refractivity (Wildman–Crippen MR) is 90.0 cm³/mol. The largest absolute Gasteiger partial charge is 0.496 e. The molecule has 25 heavy (non-hydrogen) atoms. The van der Waals surface area contributed by atoms with Gasteiger partial charge in [0.05, 0.1) is 18.4 Å². The number of nitrogens with zero attached hydrogens (tertiary/aromatic N) is 4. The van der Waals surface area contributed by atoms with E-state index in [4.69, 9.17) is 13.8 Å². The van der Waals surface area contributed by atoms with Crippen LogP contribution in [0.25, 0.3) is 11.5 Å². The molecule has 7 heteroatoms. The third-order valence-electron chi connectivity index (χ3n) is 4.61. The Balaban J connectivity index is 1.41. The summed E-state index contributed by atoms with van der Waals surface area (Å²) < 4.78 is 15.7. The van der Waals surface area contributed by atoms with Crippen LogP contribution in [0.15, 0.2) is 45.6 Å². The third kappa shape index (κ3) is 3.41. The maximum absolute atomic E-state index is 5.48. The molecule has 4 rings (SSSR count). The molecule has 1 aliphatic heterocycles. The molecular formula is C18H20N4O3. The molecule has 3 aromatic rings. The van der Waals surface area contributed by atoms with E-state index in [0.717, 1.165) is 55.3 Å². The Hall–Kier alpha value is -2.67. The highest BCUT2D eigenvalue weighted by Gasteiger charge is 2.25. The molecule has 0 saturated carbocycles. The Morgan fingerprint density at radius 1 is 1.16 bits per heavy atom. The zero-order valence-electron chi connectivity index (χ0n) is 14.1. The third-order valence-corrected chi connectivity index (χ3v) is 4.61. The van der Waals surface area contributed by atoms with Crippen molar-refractivity contribution >= 4 is 0 Å². The summed E-state index contributed by atoms with van der Waals surface area (Å²) in [4.78, 5) is 6.98. The molecule has 0 spiro atoms. The van der Waals surface area contributed by atoms with Gasteiger partial charge in [-0.15, -0.1) is 0 Å². The number of ether oxygens (including phenoxy) is 1. The van der Waals surface area contributed by atoms with Crippen LogP contribution in [0.4, 0.5) is 0 Å². The van der Waals surface area contributed by atoms with Gasteiger partial charge in [-0.25, -0.2) is 0 Å². The molecule has 130 valence electrons. The number of hydrogen-bond donors (Lipinski definition) is 0. The van der Waals surface area contributed by atoms with Gasteiger partial charge >= 0.3 is 0 Å². The fourth-order valence-electron chi connectivity index (χ4n) is 3.23. The zero-order valence-corrected chi connectivity index (χ0v) is 14.1. The quantitative estimate of drug-likeness (QED) is 0.706. The summed E-state index contributed by atoms with van der Waals surface area (Å²) in [5, 5.41) is 8.18. The molecule has 1 saturated heterocycles. The van der Waals surface area contributed by atoms with Crippen molar-refractivity contribution < 1.29 is 13.8 Å². The number of benzene rings is 1. The van der Waals surface area contributed by atoms with Gasteiger partial charge in [-0.05, 0) is 38.1 Å². The van der Waals surface area contributed by atoms with Crippen LogP contribution in [-0.4, -0.2) is 40.4 Å². The molecule has 0 aliphatic carbocycles. The first kappa shape index (κ1) is 15.8. The average Bonchev–Trinajstić information content (AvgIpc) is 3.34. The molecule has 0 amide bonds. The lowest BCUT2D eigenvalue weighted by Gasteiger charge is -2.29. The lowest BCUT2D eigenvalue weighted by Crippen LogP contribution is -2.32. The van der Waals surface area contributed by atoms with E-state index in [-0.39, 0.29) is 0 Å². The van der Waals surface area contributed by atoms with Crippen LogP contribution in [0, 0.1) is 0 Å². The van der Waals surface area contributed by atoms with Crippen molar-refractivity contribution in [3.63, 3.8) is 0 Å². The Kier molecular flexibility index (Phi) is 4.47. The van der Waals surface area contributed by atoms with Crippen molar-refractivity contribution in [2.45, 2.75) is 25.3 Å². The van der Waals surface area contributed by atoms with Crippen molar-refractivity contribution in [1.82, 2.24) is 20.2 Å². The number of rotatable bonds is 5. The molecule has 1 fully saturated rings. The van der Waals surface area contributed by atoms with Gasteiger partial charge in [0.1, 0.15) is 12.0 Å². The molecule has 1 aromatic carbocycles. The van der Waals surface area contributed by atoms with Gasteiger partial charge in [0, 0.05) is 18.5 Å². The highest BCUT2D eigenvalue weighted by Crippen LogP contribution is 2.31. The maximum Gasteiger partial charge on any atom is 0.261 e. The van der Waals surface area contributed by atoms with Crippen LogP contribution in [0.2, 0.25) is 0 Å². The first-order valence-corrected chi connectivity index (χ1v) is 8.42. The van der Waals surface area contributed by atoms with Gasteiger partial charge in [-0.2, -0.15) is 4.98 Å². The summed E-state index contributed by atoms with van der Waals surface area (Å²) in [5.41, 5.74) is 1.80. The molecular weight excluding hydrogens is 320 g/mol. The van der Waals surface area contributed by atoms with E-state index in [9.17, 15) is 0 Å². The van der Waals surface area contributed by atoms with Crippen LogP contribution in [0.5, 0.6) is 5.75 Å². The van der Waals surface area contributed by atoms with Crippen molar-refractivity contribution in [2.24, 2.45) is 0 Å². The van der Waals surface area contributed by atoms with E-state index < -0.39 is 0 Å². The molecule has 0 atom stereocenters. The monoisotopic (exact) mass is 340 g/mol. The number of likely N-dealkylation sites (tertiary alicyclic amines) is 1. The van der Waals surface area contributed by atoms with E-state index >= 15 is 0 Å². The fraction of sp³-hybridized carbons (Fsp3) is 0.389. The SMILES string of the molecule is COc1ccccc1-c1nc(C2CCN(Cc3ccon3)CC2)no1. The Morgan fingerprint density at radius 3 is 2.76 bits per heavy atom. The normalized spacial score (nSPS) is 16.2. The van der Waals surface area contributed by atoms with Crippen molar-refractivity contribution in [3.05, 3.63) is 48.1 Å². The fourth-order valence-corrected chi connectivity index (χ4v) is 3.23. The van der Waals surface area contributed by atoms with Gasteiger partial charge in [-0.3, -0.25) is 4.90 Å². The highest BCUT2D eigenvalue weighted by atomic mass is 16.5. The van der Waals surface area contributed by atoms with Gasteiger partial charge in [-0.1, -0.05) is 22.4 Å². The van der Waals surface area contributed by atoms with Gasteiger partial charge < -0.3 is 13.8 Å². The predicted octanol–water partition coefficient (Wildman–Crippen LogP) is 3.11. The number of hydrogen-bond acceptors (Lipinski definition) is 7. The van der Waals surface area contributed by atoms with Crippen LogP contribution in [0.1, 0.15) is 30.3 Å². The smallest absolute Gasteiger partial charge is 0.261 e. The summed E-state index contributed by atoms with van der Waals surface area (Å²) >= 11 is 0. The van der Waals surface area contributed by atoms with Crippen LogP contribution < -0.4 is 4.74 Å². The van der Waals surface area contributed by atoms with Gasteiger partial charge in [0.15, 0.2) is 5.82 Å². The standard InChI is InChI=1S/C18H20N4O3/c1-23-16-5-3-2-4-15(16)18-19-17(21-25-18)13-6-9-22(10-7-13)12-14-8-11-24-20-14/h2-5,8,11,13H,6-7,9-10,12H2,1H3. The molecule has 7 nitrogen and oxygen atoms in total. The Morgan fingerprint density at radius 2 is 2.00 bits per heavy atom. The molecule has 0 N–H and O–H groups in total. The Bertz CT molecular complexity index is 807. The van der Waals surface area contributed by atoms with Crippen LogP contribution in [-0.2, 0) is 6.54 Å². The van der Waals surface area contributed by atoms with E-state index in [1.54, 1.807) is 13.4 Å². The topological polar surface area (TPSA) is 77.4 Å². The summed E-state index contributed by atoms with van der Waals surface area (Å²) in [6, 6.07) is 9.58. The van der Waals surface area contributed by atoms with Crippen LogP contribution in [0.3, 0.4) is 0 Å². The average molecular weight is 340 g/mol. The van der Waals surface area contributed by atoms with E-state index in [1.165, 1.54) is 0 Å². The zero-order chi connectivity index (χ0) is 17.1. The summed E-state index contributed by atoms with van der Waals surface area (Å²) in [6.07, 6.45) is 3.62. The molecule has 0 radical (unpaired) electrons. The van der Waals surface area contributed by atoms with Crippen LogP contribution >= 0.6 is 0 Å². The van der Waals surface area contributed by atoms with Gasteiger partial charge in [0.2, 0.25) is 0 Å².